The topological polar surface area (TPSA) is 17.1 Å². The van der Waals surface area contributed by atoms with Gasteiger partial charge in [0, 0.05) is 11.1 Å². The zero-order valence-corrected chi connectivity index (χ0v) is 14.1. The highest BCUT2D eigenvalue weighted by atomic mass is 16.1. The molecule has 5 aromatic rings. The third kappa shape index (κ3) is 2.14. The van der Waals surface area contributed by atoms with Crippen molar-refractivity contribution in [3.63, 3.8) is 0 Å². The van der Waals surface area contributed by atoms with Gasteiger partial charge >= 0.3 is 0 Å². The van der Waals surface area contributed by atoms with Gasteiger partial charge in [-0.25, -0.2) is 0 Å². The number of hydrogen-bond acceptors (Lipinski definition) is 1. The van der Waals surface area contributed by atoms with Crippen LogP contribution in [0.1, 0.15) is 10.4 Å². The summed E-state index contributed by atoms with van der Waals surface area (Å²) in [4.78, 5) is 11.8. The third-order valence-corrected chi connectivity index (χ3v) is 5.13. The highest BCUT2D eigenvalue weighted by molar-refractivity contribution is 6.18. The van der Waals surface area contributed by atoms with E-state index in [1.807, 2.05) is 24.3 Å². The molecule has 0 radical (unpaired) electrons. The summed E-state index contributed by atoms with van der Waals surface area (Å²) in [5.41, 5.74) is 2.85. The lowest BCUT2D eigenvalue weighted by Crippen LogP contribution is -1.92. The van der Waals surface area contributed by atoms with E-state index < -0.39 is 0 Å². The second kappa shape index (κ2) is 5.82. The third-order valence-electron chi connectivity index (χ3n) is 5.13. The molecular formula is C25H16O. The van der Waals surface area contributed by atoms with Crippen molar-refractivity contribution in [3.05, 3.63) is 96.6 Å². The molecule has 26 heavy (non-hydrogen) atoms. The maximum absolute atomic E-state index is 11.8. The van der Waals surface area contributed by atoms with E-state index in [1.165, 1.54) is 21.5 Å². The Labute approximate surface area is 151 Å². The minimum atomic E-state index is 0.726. The van der Waals surface area contributed by atoms with E-state index in [2.05, 4.69) is 66.7 Å². The van der Waals surface area contributed by atoms with Gasteiger partial charge in [0.05, 0.1) is 0 Å². The summed E-state index contributed by atoms with van der Waals surface area (Å²) in [7, 11) is 0. The Morgan fingerprint density at radius 2 is 1.15 bits per heavy atom. The molecule has 0 aliphatic carbocycles. The number of carbonyl (C=O) groups excluding carboxylic acids is 1. The molecule has 0 atom stereocenters. The average molecular weight is 332 g/mol. The van der Waals surface area contributed by atoms with Gasteiger partial charge in [0.2, 0.25) is 0 Å². The Balaban J connectivity index is 2.02. The number of carbonyl (C=O) groups is 1. The van der Waals surface area contributed by atoms with Crippen LogP contribution in [0.2, 0.25) is 0 Å². The maximum Gasteiger partial charge on any atom is 0.150 e. The number of fused-ring (bicyclic) bond motifs is 4. The zero-order valence-electron chi connectivity index (χ0n) is 14.1. The Morgan fingerprint density at radius 3 is 1.92 bits per heavy atom. The lowest BCUT2D eigenvalue weighted by Gasteiger charge is -2.15. The van der Waals surface area contributed by atoms with Crippen molar-refractivity contribution in [2.75, 3.05) is 0 Å². The van der Waals surface area contributed by atoms with Gasteiger partial charge in [0.25, 0.3) is 0 Å². The van der Waals surface area contributed by atoms with Crippen LogP contribution >= 0.6 is 0 Å². The molecule has 0 spiro atoms. The summed E-state index contributed by atoms with van der Waals surface area (Å²) in [5.74, 6) is 0. The molecule has 0 aliphatic heterocycles. The average Bonchev–Trinajstić information content (AvgIpc) is 2.72. The second-order valence-corrected chi connectivity index (χ2v) is 6.56. The fourth-order valence-electron chi connectivity index (χ4n) is 3.95. The molecule has 0 heterocycles. The Morgan fingerprint density at radius 1 is 0.538 bits per heavy atom. The molecule has 0 N–H and O–H groups in total. The maximum atomic E-state index is 11.8. The van der Waals surface area contributed by atoms with E-state index in [0.29, 0.717) is 0 Å². The molecule has 0 unspecified atom stereocenters. The van der Waals surface area contributed by atoms with Crippen LogP contribution in [0.3, 0.4) is 0 Å². The predicted octanol–water partition coefficient (Wildman–Crippen LogP) is 6.63. The van der Waals surface area contributed by atoms with Crippen LogP contribution in [0.5, 0.6) is 0 Å². The van der Waals surface area contributed by atoms with E-state index >= 15 is 0 Å². The van der Waals surface area contributed by atoms with Crippen LogP contribution in [0.4, 0.5) is 0 Å². The van der Waals surface area contributed by atoms with Crippen LogP contribution in [0.15, 0.2) is 91.0 Å². The van der Waals surface area contributed by atoms with Crippen molar-refractivity contribution in [1.82, 2.24) is 0 Å². The molecule has 1 nitrogen and oxygen atoms in total. The van der Waals surface area contributed by atoms with Crippen LogP contribution in [0, 0.1) is 0 Å². The van der Waals surface area contributed by atoms with E-state index in [-0.39, 0.29) is 0 Å². The normalized spacial score (nSPS) is 11.2. The van der Waals surface area contributed by atoms with Crippen LogP contribution in [-0.4, -0.2) is 6.29 Å². The quantitative estimate of drug-likeness (QED) is 0.262. The van der Waals surface area contributed by atoms with E-state index in [0.717, 1.165) is 33.7 Å². The van der Waals surface area contributed by atoms with E-state index in [4.69, 9.17) is 0 Å². The summed E-state index contributed by atoms with van der Waals surface area (Å²) in [6, 6.07) is 31.3. The van der Waals surface area contributed by atoms with Crippen LogP contribution < -0.4 is 0 Å². The predicted molar refractivity (Wildman–Crippen MR) is 110 cm³/mol. The van der Waals surface area contributed by atoms with Gasteiger partial charge in [0.15, 0.2) is 6.29 Å². The molecule has 1 heteroatoms. The van der Waals surface area contributed by atoms with Crippen LogP contribution in [0.25, 0.3) is 43.4 Å². The summed E-state index contributed by atoms with van der Waals surface area (Å²) >= 11 is 0. The summed E-state index contributed by atoms with van der Waals surface area (Å²) in [5, 5.41) is 7.06. The number of benzene rings is 5. The highest BCUT2D eigenvalue weighted by Crippen LogP contribution is 2.39. The van der Waals surface area contributed by atoms with Gasteiger partial charge in [-0.15, -0.1) is 0 Å². The lowest BCUT2D eigenvalue weighted by molar-refractivity contribution is 0.112. The molecular weight excluding hydrogens is 316 g/mol. The SMILES string of the molecule is O=Cc1ccc2ccccc2c1-c1cc2ccccc2c2ccccc12. The molecule has 0 bridgehead atoms. The molecule has 5 rings (SSSR count). The first kappa shape index (κ1) is 14.9. The Hall–Kier alpha value is -3.45. The van der Waals surface area contributed by atoms with Crippen molar-refractivity contribution < 1.29 is 4.79 Å². The van der Waals surface area contributed by atoms with Gasteiger partial charge in [-0.3, -0.25) is 4.79 Å². The Bertz CT molecular complexity index is 1300. The molecule has 5 aromatic carbocycles. The largest absolute Gasteiger partial charge is 0.298 e. The van der Waals surface area contributed by atoms with Crippen molar-refractivity contribution in [2.45, 2.75) is 0 Å². The molecule has 0 saturated carbocycles. The van der Waals surface area contributed by atoms with E-state index in [9.17, 15) is 4.79 Å². The van der Waals surface area contributed by atoms with E-state index in [1.54, 1.807) is 0 Å². The lowest BCUT2D eigenvalue weighted by atomic mass is 9.88. The highest BCUT2D eigenvalue weighted by Gasteiger charge is 2.14. The first-order valence-electron chi connectivity index (χ1n) is 8.74. The van der Waals surface area contributed by atoms with Crippen molar-refractivity contribution in [3.8, 4) is 11.1 Å². The van der Waals surface area contributed by atoms with Gasteiger partial charge in [-0.05, 0) is 43.9 Å². The first-order chi connectivity index (χ1) is 12.9. The molecule has 0 aromatic heterocycles. The smallest absolute Gasteiger partial charge is 0.150 e. The molecule has 0 amide bonds. The van der Waals surface area contributed by atoms with Gasteiger partial charge in [-0.2, -0.15) is 0 Å². The van der Waals surface area contributed by atoms with Crippen LogP contribution in [-0.2, 0) is 0 Å². The number of rotatable bonds is 2. The number of hydrogen-bond donors (Lipinski definition) is 0. The second-order valence-electron chi connectivity index (χ2n) is 6.56. The molecule has 0 aliphatic rings. The minimum Gasteiger partial charge on any atom is -0.298 e. The summed E-state index contributed by atoms with van der Waals surface area (Å²) in [6.45, 7) is 0. The number of aldehydes is 1. The summed E-state index contributed by atoms with van der Waals surface area (Å²) < 4.78 is 0. The van der Waals surface area contributed by atoms with Crippen molar-refractivity contribution in [1.29, 1.82) is 0 Å². The van der Waals surface area contributed by atoms with Gasteiger partial charge < -0.3 is 0 Å². The molecule has 122 valence electrons. The first-order valence-corrected chi connectivity index (χ1v) is 8.74. The monoisotopic (exact) mass is 332 g/mol. The van der Waals surface area contributed by atoms with Gasteiger partial charge in [-0.1, -0.05) is 84.9 Å². The Kier molecular flexibility index (Phi) is 3.32. The van der Waals surface area contributed by atoms with Crippen molar-refractivity contribution >= 4 is 38.6 Å². The zero-order chi connectivity index (χ0) is 17.5. The fraction of sp³-hybridized carbons (Fsp3) is 0. The minimum absolute atomic E-state index is 0.726. The summed E-state index contributed by atoms with van der Waals surface area (Å²) in [6.07, 6.45) is 0.964. The molecule has 0 saturated heterocycles. The standard InChI is InChI=1S/C25H16O/c26-16-19-14-13-17-7-1-4-10-21(17)25(19)24-15-18-8-2-3-9-20(18)22-11-5-6-12-23(22)24/h1-16H. The molecule has 0 fully saturated rings. The van der Waals surface area contributed by atoms with Crippen molar-refractivity contribution in [2.24, 2.45) is 0 Å². The van der Waals surface area contributed by atoms with Gasteiger partial charge in [0.1, 0.15) is 0 Å². The fourth-order valence-corrected chi connectivity index (χ4v) is 3.95.